The lowest BCUT2D eigenvalue weighted by molar-refractivity contribution is -0.131. The van der Waals surface area contributed by atoms with Crippen molar-refractivity contribution in [2.45, 2.75) is 24.8 Å². The van der Waals surface area contributed by atoms with Gasteiger partial charge in [-0.05, 0) is 53.4 Å². The van der Waals surface area contributed by atoms with Crippen molar-refractivity contribution in [2.24, 2.45) is 0 Å². The molecule has 0 bridgehead atoms. The predicted octanol–water partition coefficient (Wildman–Crippen LogP) is 3.43. The number of aromatic nitrogens is 1. The third-order valence-electron chi connectivity index (χ3n) is 6.66. The summed E-state index contributed by atoms with van der Waals surface area (Å²) < 4.78 is 27.3. The second-order valence-electron chi connectivity index (χ2n) is 9.03. The first-order chi connectivity index (χ1) is 17.7. The summed E-state index contributed by atoms with van der Waals surface area (Å²) >= 11 is 0. The molecule has 2 aromatic carbocycles. The highest BCUT2D eigenvalue weighted by Gasteiger charge is 2.47. The molecule has 0 radical (unpaired) electrons. The second kappa shape index (κ2) is 9.13. The Hall–Kier alpha value is -4.59. The fraction of sp³-hybridized carbons (Fsp3) is 0.269. The minimum atomic E-state index is -3.14. The zero-order valence-electron chi connectivity index (χ0n) is 19.4. The molecule has 188 valence electrons. The van der Waals surface area contributed by atoms with Crippen LogP contribution in [0.3, 0.4) is 0 Å². The number of carbonyl (C=O) groups is 3. The van der Waals surface area contributed by atoms with Crippen molar-refractivity contribution in [3.63, 3.8) is 0 Å². The van der Waals surface area contributed by atoms with Gasteiger partial charge in [0.25, 0.3) is 11.8 Å². The molecule has 1 unspecified atom stereocenters. The fourth-order valence-corrected chi connectivity index (χ4v) is 4.85. The van der Waals surface area contributed by atoms with Crippen molar-refractivity contribution >= 4 is 34.5 Å². The predicted molar refractivity (Wildman–Crippen MR) is 129 cm³/mol. The molecule has 1 atom stereocenters. The first-order valence-corrected chi connectivity index (χ1v) is 11.5. The number of carbonyl (C=O) groups excluding carboxylic acids is 2. The van der Waals surface area contributed by atoms with Gasteiger partial charge in [0, 0.05) is 24.5 Å². The molecule has 2 N–H and O–H groups in total. The summed E-state index contributed by atoms with van der Waals surface area (Å²) in [7, 11) is 0. The van der Waals surface area contributed by atoms with Crippen LogP contribution < -0.4 is 10.2 Å². The smallest absolute Gasteiger partial charge is 0.411 e. The van der Waals surface area contributed by atoms with Crippen LogP contribution in [0.1, 0.15) is 22.3 Å². The molecule has 0 spiro atoms. The van der Waals surface area contributed by atoms with Crippen molar-refractivity contribution in [3.05, 3.63) is 59.8 Å². The minimum absolute atomic E-state index is 0.251. The number of hydrogen-bond donors (Lipinski definition) is 2. The van der Waals surface area contributed by atoms with Crippen LogP contribution in [0.5, 0.6) is 0 Å². The van der Waals surface area contributed by atoms with Crippen LogP contribution in [0.4, 0.5) is 19.3 Å². The van der Waals surface area contributed by atoms with Crippen LogP contribution in [-0.4, -0.2) is 64.5 Å². The number of anilines is 1. The van der Waals surface area contributed by atoms with E-state index in [1.54, 1.807) is 24.3 Å². The third-order valence-corrected chi connectivity index (χ3v) is 6.66. The van der Waals surface area contributed by atoms with Gasteiger partial charge in [0.05, 0.1) is 35.9 Å². The van der Waals surface area contributed by atoms with Gasteiger partial charge in [0.2, 0.25) is 5.91 Å². The van der Waals surface area contributed by atoms with E-state index in [-0.39, 0.29) is 5.56 Å². The van der Waals surface area contributed by atoms with Crippen LogP contribution in [-0.2, 0) is 11.2 Å². The van der Waals surface area contributed by atoms with Crippen molar-refractivity contribution in [2.75, 3.05) is 24.5 Å². The molecule has 9 nitrogen and oxygen atoms in total. The highest BCUT2D eigenvalue weighted by molar-refractivity contribution is 6.07. The molecule has 2 aliphatic rings. The van der Waals surface area contributed by atoms with E-state index in [0.29, 0.717) is 29.6 Å². The number of rotatable bonds is 4. The summed E-state index contributed by atoms with van der Waals surface area (Å²) in [5, 5.41) is 21.4. The van der Waals surface area contributed by atoms with Crippen LogP contribution in [0.15, 0.2) is 48.7 Å². The van der Waals surface area contributed by atoms with Gasteiger partial charge in [0.15, 0.2) is 0 Å². The molecule has 1 aromatic heterocycles. The van der Waals surface area contributed by atoms with Gasteiger partial charge in [-0.1, -0.05) is 12.1 Å². The molecule has 5 rings (SSSR count). The number of fused-ring (bicyclic) bond motifs is 2. The number of pyridine rings is 1. The summed E-state index contributed by atoms with van der Waals surface area (Å²) in [5.41, 5.74) is 3.99. The molecule has 1 fully saturated rings. The number of amides is 3. The van der Waals surface area contributed by atoms with E-state index in [2.05, 4.69) is 10.3 Å². The SMILES string of the molecule is N#CC1CC(F)(F)CN1C(=O)CNC(=O)c1ccnc2ccc(-c3ccc4c(c3)CCN4C(=O)O)cc12. The van der Waals surface area contributed by atoms with Crippen molar-refractivity contribution < 1.29 is 28.3 Å². The number of nitrogens with zero attached hydrogens (tertiary/aromatic N) is 4. The Morgan fingerprint density at radius 1 is 1.16 bits per heavy atom. The van der Waals surface area contributed by atoms with E-state index in [1.165, 1.54) is 17.2 Å². The molecule has 37 heavy (non-hydrogen) atoms. The maximum Gasteiger partial charge on any atom is 0.411 e. The summed E-state index contributed by atoms with van der Waals surface area (Å²) in [4.78, 5) is 43.2. The number of halogens is 2. The second-order valence-corrected chi connectivity index (χ2v) is 9.03. The van der Waals surface area contributed by atoms with E-state index >= 15 is 0 Å². The summed E-state index contributed by atoms with van der Waals surface area (Å²) in [6.45, 7) is -0.989. The standard InChI is InChI=1S/C26H21F2N5O4/c27-26(28)11-18(12-29)33(14-26)23(34)13-31-24(35)19-5-7-30-21-3-1-16(10-20(19)21)15-2-4-22-17(9-15)6-8-32(22)25(36)37/h1-5,7,9-10,18H,6,8,11,13-14H2,(H,31,35)(H,36,37). The minimum Gasteiger partial charge on any atom is -0.465 e. The lowest BCUT2D eigenvalue weighted by atomic mass is 9.98. The number of likely N-dealkylation sites (tertiary alicyclic amines) is 1. The Bertz CT molecular complexity index is 1490. The molecular formula is C26H21F2N5O4. The molecule has 3 aromatic rings. The van der Waals surface area contributed by atoms with Gasteiger partial charge in [0.1, 0.15) is 6.04 Å². The Balaban J connectivity index is 1.37. The lowest BCUT2D eigenvalue weighted by Crippen LogP contribution is -2.43. The van der Waals surface area contributed by atoms with Gasteiger partial charge >= 0.3 is 6.09 Å². The molecule has 1 saturated heterocycles. The van der Waals surface area contributed by atoms with E-state index < -0.39 is 49.4 Å². The quantitative estimate of drug-likeness (QED) is 0.560. The maximum atomic E-state index is 13.7. The topological polar surface area (TPSA) is 127 Å². The van der Waals surface area contributed by atoms with Gasteiger partial charge in [-0.15, -0.1) is 0 Å². The molecule has 3 heterocycles. The van der Waals surface area contributed by atoms with Crippen molar-refractivity contribution in [1.82, 2.24) is 15.2 Å². The number of alkyl halides is 2. The average molecular weight is 505 g/mol. The highest BCUT2D eigenvalue weighted by atomic mass is 19.3. The zero-order chi connectivity index (χ0) is 26.3. The average Bonchev–Trinajstić information content (AvgIpc) is 3.46. The largest absolute Gasteiger partial charge is 0.465 e. The van der Waals surface area contributed by atoms with Gasteiger partial charge in [-0.3, -0.25) is 19.5 Å². The monoisotopic (exact) mass is 505 g/mol. The van der Waals surface area contributed by atoms with Crippen LogP contribution in [0, 0.1) is 11.3 Å². The Kier molecular flexibility index (Phi) is 5.95. The molecular weight excluding hydrogens is 484 g/mol. The number of nitrogens with one attached hydrogen (secondary N) is 1. The zero-order valence-corrected chi connectivity index (χ0v) is 19.4. The number of nitriles is 1. The lowest BCUT2D eigenvalue weighted by Gasteiger charge is -2.19. The number of hydrogen-bond acceptors (Lipinski definition) is 5. The fourth-order valence-electron chi connectivity index (χ4n) is 4.85. The van der Waals surface area contributed by atoms with Crippen LogP contribution >= 0.6 is 0 Å². The summed E-state index contributed by atoms with van der Waals surface area (Å²) in [6.07, 6.45) is 0.334. The Labute approximate surface area is 209 Å². The first-order valence-electron chi connectivity index (χ1n) is 11.5. The molecule has 2 aliphatic heterocycles. The van der Waals surface area contributed by atoms with Crippen LogP contribution in [0.25, 0.3) is 22.0 Å². The van der Waals surface area contributed by atoms with Crippen molar-refractivity contribution in [3.8, 4) is 17.2 Å². The molecule has 3 amide bonds. The highest BCUT2D eigenvalue weighted by Crippen LogP contribution is 2.34. The molecule has 11 heteroatoms. The maximum absolute atomic E-state index is 13.7. The number of carboxylic acid groups (broad SMARTS) is 1. The van der Waals surface area contributed by atoms with Gasteiger partial charge < -0.3 is 15.3 Å². The van der Waals surface area contributed by atoms with E-state index in [9.17, 15) is 28.3 Å². The molecule has 0 aliphatic carbocycles. The van der Waals surface area contributed by atoms with Crippen molar-refractivity contribution in [1.29, 1.82) is 5.26 Å². The molecule has 0 saturated carbocycles. The summed E-state index contributed by atoms with van der Waals surface area (Å²) in [6, 6.07) is 12.9. The van der Waals surface area contributed by atoms with Gasteiger partial charge in [-0.2, -0.15) is 5.26 Å². The van der Waals surface area contributed by atoms with Crippen LogP contribution in [0.2, 0.25) is 0 Å². The summed E-state index contributed by atoms with van der Waals surface area (Å²) in [5.74, 6) is -4.48. The Morgan fingerprint density at radius 2 is 1.92 bits per heavy atom. The first kappa shape index (κ1) is 24.1. The normalized spacial score (nSPS) is 17.9. The van der Waals surface area contributed by atoms with E-state index in [1.807, 2.05) is 18.2 Å². The van der Waals surface area contributed by atoms with E-state index in [4.69, 9.17) is 5.26 Å². The van der Waals surface area contributed by atoms with Gasteiger partial charge in [-0.25, -0.2) is 13.6 Å². The van der Waals surface area contributed by atoms with E-state index in [0.717, 1.165) is 21.6 Å². The Morgan fingerprint density at radius 3 is 2.68 bits per heavy atom. The number of benzene rings is 2. The third kappa shape index (κ3) is 4.53.